The zero-order chi connectivity index (χ0) is 17.3. The summed E-state index contributed by atoms with van der Waals surface area (Å²) in [5, 5.41) is 10.5. The minimum atomic E-state index is -0.791. The number of rotatable bonds is 1. The SMILES string of the molecule is C/C1=C\CC[C@@](C)(O)/C=C/[C@H](C(C)C)CC[C@@]2(C)O[C@H]2C(=O)C1. The summed E-state index contributed by atoms with van der Waals surface area (Å²) in [4.78, 5) is 12.4. The maximum absolute atomic E-state index is 12.4. The van der Waals surface area contributed by atoms with Gasteiger partial charge in [0, 0.05) is 6.42 Å². The van der Waals surface area contributed by atoms with E-state index in [4.69, 9.17) is 4.74 Å². The second-order valence-electron chi connectivity index (χ2n) is 8.21. The zero-order valence-electron chi connectivity index (χ0n) is 15.3. The minimum absolute atomic E-state index is 0.196. The Labute approximate surface area is 140 Å². The fourth-order valence-corrected chi connectivity index (χ4v) is 3.40. The second kappa shape index (κ2) is 6.90. The van der Waals surface area contributed by atoms with Crippen molar-refractivity contribution < 1.29 is 14.6 Å². The van der Waals surface area contributed by atoms with Crippen LogP contribution in [0.5, 0.6) is 0 Å². The second-order valence-corrected chi connectivity index (χ2v) is 8.21. The average molecular weight is 320 g/mol. The molecule has 0 unspecified atom stereocenters. The molecule has 1 aliphatic carbocycles. The fourth-order valence-electron chi connectivity index (χ4n) is 3.40. The molecule has 1 N–H and O–H groups in total. The van der Waals surface area contributed by atoms with E-state index in [0.29, 0.717) is 24.7 Å². The molecule has 0 spiro atoms. The van der Waals surface area contributed by atoms with Gasteiger partial charge in [-0.05, 0) is 58.3 Å². The molecule has 2 rings (SSSR count). The van der Waals surface area contributed by atoms with Crippen molar-refractivity contribution in [1.29, 1.82) is 0 Å². The molecule has 4 atom stereocenters. The monoisotopic (exact) mass is 320 g/mol. The predicted molar refractivity (Wildman–Crippen MR) is 93.2 cm³/mol. The topological polar surface area (TPSA) is 49.8 Å². The molecule has 0 aromatic heterocycles. The van der Waals surface area contributed by atoms with E-state index in [9.17, 15) is 9.90 Å². The highest BCUT2D eigenvalue weighted by molar-refractivity contribution is 5.88. The van der Waals surface area contributed by atoms with Crippen LogP contribution in [-0.4, -0.2) is 28.2 Å². The van der Waals surface area contributed by atoms with Gasteiger partial charge >= 0.3 is 0 Å². The van der Waals surface area contributed by atoms with E-state index in [2.05, 4.69) is 32.9 Å². The number of carbonyl (C=O) groups excluding carboxylic acids is 1. The maximum atomic E-state index is 12.4. The maximum Gasteiger partial charge on any atom is 0.168 e. The molecule has 2 aliphatic rings. The number of ketones is 1. The molecule has 3 nitrogen and oxygen atoms in total. The molecule has 0 bridgehead atoms. The molecular formula is C20H32O3. The first-order chi connectivity index (χ1) is 10.6. The quantitative estimate of drug-likeness (QED) is 0.582. The lowest BCUT2D eigenvalue weighted by atomic mass is 9.84. The molecule has 1 fully saturated rings. The Hall–Kier alpha value is -0.930. The van der Waals surface area contributed by atoms with Crippen LogP contribution in [0.2, 0.25) is 0 Å². The molecule has 1 heterocycles. The lowest BCUT2D eigenvalue weighted by Gasteiger charge is -2.23. The van der Waals surface area contributed by atoms with Gasteiger partial charge < -0.3 is 9.84 Å². The first-order valence-electron chi connectivity index (χ1n) is 8.91. The Kier molecular flexibility index (Phi) is 5.52. The highest BCUT2D eigenvalue weighted by atomic mass is 16.6. The van der Waals surface area contributed by atoms with Crippen LogP contribution < -0.4 is 0 Å². The summed E-state index contributed by atoms with van der Waals surface area (Å²) >= 11 is 0. The van der Waals surface area contributed by atoms with Gasteiger partial charge in [0.05, 0.1) is 11.2 Å². The highest BCUT2D eigenvalue weighted by Gasteiger charge is 2.55. The Bertz CT molecular complexity index is 501. The van der Waals surface area contributed by atoms with Crippen molar-refractivity contribution in [2.75, 3.05) is 0 Å². The van der Waals surface area contributed by atoms with Crippen molar-refractivity contribution in [2.24, 2.45) is 11.8 Å². The Morgan fingerprint density at radius 3 is 2.65 bits per heavy atom. The summed E-state index contributed by atoms with van der Waals surface area (Å²) in [7, 11) is 0. The van der Waals surface area contributed by atoms with Crippen LogP contribution in [0.1, 0.15) is 66.7 Å². The summed E-state index contributed by atoms with van der Waals surface area (Å²) < 4.78 is 5.76. The van der Waals surface area contributed by atoms with Crippen molar-refractivity contribution in [3.8, 4) is 0 Å². The normalized spacial score (nSPS) is 43.3. The number of carbonyl (C=O) groups is 1. The van der Waals surface area contributed by atoms with E-state index in [1.54, 1.807) is 0 Å². The number of aliphatic hydroxyl groups is 1. The Balaban J connectivity index is 2.18. The number of hydrogen-bond acceptors (Lipinski definition) is 3. The molecule has 1 aliphatic heterocycles. The van der Waals surface area contributed by atoms with Gasteiger partial charge in [-0.3, -0.25) is 4.79 Å². The number of ether oxygens (including phenoxy) is 1. The van der Waals surface area contributed by atoms with Crippen LogP contribution in [0, 0.1) is 11.8 Å². The summed E-state index contributed by atoms with van der Waals surface area (Å²) in [6.45, 7) is 10.3. The number of allylic oxidation sites excluding steroid dienone is 3. The zero-order valence-corrected chi connectivity index (χ0v) is 15.3. The molecular weight excluding hydrogens is 288 g/mol. The van der Waals surface area contributed by atoms with Crippen molar-refractivity contribution in [2.45, 2.75) is 84.0 Å². The predicted octanol–water partition coefficient (Wildman–Crippen LogP) is 4.20. The molecule has 0 radical (unpaired) electrons. The minimum Gasteiger partial charge on any atom is -0.386 e. The molecule has 0 amide bonds. The first kappa shape index (κ1) is 18.4. The molecule has 0 saturated carbocycles. The number of fused-ring (bicyclic) bond motifs is 1. The van der Waals surface area contributed by atoms with E-state index in [-0.39, 0.29) is 17.5 Å². The molecule has 0 aromatic rings. The van der Waals surface area contributed by atoms with Gasteiger partial charge in [0.15, 0.2) is 5.78 Å². The van der Waals surface area contributed by atoms with Crippen LogP contribution in [0.15, 0.2) is 23.8 Å². The van der Waals surface area contributed by atoms with E-state index >= 15 is 0 Å². The third-order valence-corrected chi connectivity index (χ3v) is 5.31. The number of hydrogen-bond donors (Lipinski definition) is 1. The van der Waals surface area contributed by atoms with E-state index in [0.717, 1.165) is 24.8 Å². The van der Waals surface area contributed by atoms with Crippen LogP contribution in [-0.2, 0) is 9.53 Å². The smallest absolute Gasteiger partial charge is 0.168 e. The Morgan fingerprint density at radius 1 is 1.30 bits per heavy atom. The van der Waals surface area contributed by atoms with Gasteiger partial charge in [-0.15, -0.1) is 0 Å². The van der Waals surface area contributed by atoms with Crippen molar-refractivity contribution in [3.05, 3.63) is 23.8 Å². The molecule has 3 heteroatoms. The summed E-state index contributed by atoms with van der Waals surface area (Å²) in [6, 6.07) is 0. The summed E-state index contributed by atoms with van der Waals surface area (Å²) in [6.07, 6.45) is 9.77. The first-order valence-corrected chi connectivity index (χ1v) is 8.91. The third kappa shape index (κ3) is 5.02. The molecule has 23 heavy (non-hydrogen) atoms. The molecule has 0 aromatic carbocycles. The highest BCUT2D eigenvalue weighted by Crippen LogP contribution is 2.43. The summed E-state index contributed by atoms with van der Waals surface area (Å²) in [5.74, 6) is 1.11. The third-order valence-electron chi connectivity index (χ3n) is 5.31. The fraction of sp³-hybridized carbons (Fsp3) is 0.750. The van der Waals surface area contributed by atoms with Gasteiger partial charge in [0.1, 0.15) is 6.10 Å². The van der Waals surface area contributed by atoms with Gasteiger partial charge in [-0.2, -0.15) is 0 Å². The van der Waals surface area contributed by atoms with Gasteiger partial charge in [0.25, 0.3) is 0 Å². The largest absolute Gasteiger partial charge is 0.386 e. The van der Waals surface area contributed by atoms with Gasteiger partial charge in [-0.1, -0.05) is 37.6 Å². The van der Waals surface area contributed by atoms with E-state index in [1.807, 2.05) is 19.9 Å². The summed E-state index contributed by atoms with van der Waals surface area (Å²) in [5.41, 5.74) is -0.00400. The number of Topliss-reactive ketones (excluding diaryl/α,β-unsaturated/α-hetero) is 1. The molecule has 130 valence electrons. The average Bonchev–Trinajstić information content (AvgIpc) is 3.09. The van der Waals surface area contributed by atoms with Crippen LogP contribution in [0.4, 0.5) is 0 Å². The van der Waals surface area contributed by atoms with E-state index in [1.165, 1.54) is 0 Å². The van der Waals surface area contributed by atoms with Crippen molar-refractivity contribution >= 4 is 5.78 Å². The lowest BCUT2D eigenvalue weighted by molar-refractivity contribution is -0.119. The van der Waals surface area contributed by atoms with Crippen molar-refractivity contribution in [1.82, 2.24) is 0 Å². The van der Waals surface area contributed by atoms with Crippen molar-refractivity contribution in [3.63, 3.8) is 0 Å². The Morgan fingerprint density at radius 2 is 2.00 bits per heavy atom. The number of epoxide rings is 1. The van der Waals surface area contributed by atoms with Gasteiger partial charge in [0.2, 0.25) is 0 Å². The standard InChI is InChI=1S/C20H32O3/c1-14(2)16-8-11-19(4,22)10-6-7-15(3)13-17(21)18-20(5,23-18)12-9-16/h7-8,11,14,16,18,22H,6,9-10,12-13H2,1-5H3/b11-8+,15-7+/t16-,18-,19+,20+/m0/s1. The van der Waals surface area contributed by atoms with E-state index < -0.39 is 5.60 Å². The van der Waals surface area contributed by atoms with Gasteiger partial charge in [-0.25, -0.2) is 0 Å². The van der Waals surface area contributed by atoms with Crippen LogP contribution >= 0.6 is 0 Å². The lowest BCUT2D eigenvalue weighted by Crippen LogP contribution is -2.23. The van der Waals surface area contributed by atoms with Crippen LogP contribution in [0.3, 0.4) is 0 Å². The molecule has 1 saturated heterocycles. The van der Waals surface area contributed by atoms with Crippen LogP contribution in [0.25, 0.3) is 0 Å².